The first-order valence-electron chi connectivity index (χ1n) is 9.89. The zero-order chi connectivity index (χ0) is 21.9. The molecule has 1 N–H and O–H groups in total. The summed E-state index contributed by atoms with van der Waals surface area (Å²) < 4.78 is 28.7. The largest absolute Gasteiger partial charge is 0.444 e. The maximum atomic E-state index is 12.2. The molecule has 0 unspecified atom stereocenters. The number of hydrogen-bond donors (Lipinski definition) is 1. The van der Waals surface area contributed by atoms with Crippen molar-refractivity contribution in [1.29, 1.82) is 0 Å². The second-order valence-corrected chi connectivity index (χ2v) is 10.5. The fraction of sp³-hybridized carbons (Fsp3) is 0.476. The lowest BCUT2D eigenvalue weighted by molar-refractivity contribution is 0.0210. The zero-order valence-electron chi connectivity index (χ0n) is 17.8. The van der Waals surface area contributed by atoms with Crippen molar-refractivity contribution >= 4 is 21.9 Å². The van der Waals surface area contributed by atoms with Crippen molar-refractivity contribution in [3.05, 3.63) is 36.5 Å². The molecule has 0 radical (unpaired) electrons. The Morgan fingerprint density at radius 1 is 1.13 bits per heavy atom. The summed E-state index contributed by atoms with van der Waals surface area (Å²) in [6, 6.07) is 8.57. The van der Waals surface area contributed by atoms with Gasteiger partial charge in [-0.25, -0.2) is 23.2 Å². The van der Waals surface area contributed by atoms with Crippen LogP contribution in [-0.4, -0.2) is 60.4 Å². The van der Waals surface area contributed by atoms with Crippen molar-refractivity contribution in [2.45, 2.75) is 50.2 Å². The van der Waals surface area contributed by atoms with Gasteiger partial charge < -0.3 is 15.0 Å². The second-order valence-electron chi connectivity index (χ2n) is 8.45. The predicted octanol–water partition coefficient (Wildman–Crippen LogP) is 3.36. The number of benzene rings is 1. The van der Waals surface area contributed by atoms with Crippen molar-refractivity contribution in [2.75, 3.05) is 24.7 Å². The molecule has 2 aromatic rings. The summed E-state index contributed by atoms with van der Waals surface area (Å²) >= 11 is 0. The normalized spacial score (nSPS) is 15.7. The van der Waals surface area contributed by atoms with Crippen LogP contribution in [0.3, 0.4) is 0 Å². The number of hydrogen-bond acceptors (Lipinski definition) is 7. The molecule has 1 amide bonds. The molecule has 1 saturated heterocycles. The highest BCUT2D eigenvalue weighted by molar-refractivity contribution is 7.90. The lowest BCUT2D eigenvalue weighted by Gasteiger charge is -2.33. The predicted molar refractivity (Wildman–Crippen MR) is 115 cm³/mol. The smallest absolute Gasteiger partial charge is 0.410 e. The van der Waals surface area contributed by atoms with Gasteiger partial charge >= 0.3 is 6.09 Å². The van der Waals surface area contributed by atoms with Crippen LogP contribution in [0.5, 0.6) is 0 Å². The van der Waals surface area contributed by atoms with Crippen LogP contribution in [0.2, 0.25) is 0 Å². The quantitative estimate of drug-likeness (QED) is 0.790. The Balaban J connectivity index is 1.61. The van der Waals surface area contributed by atoms with Crippen molar-refractivity contribution in [1.82, 2.24) is 14.9 Å². The molecule has 1 aromatic carbocycles. The highest BCUT2D eigenvalue weighted by Crippen LogP contribution is 2.22. The van der Waals surface area contributed by atoms with E-state index in [1.54, 1.807) is 41.4 Å². The second kappa shape index (κ2) is 8.59. The average molecular weight is 433 g/mol. The molecule has 1 aromatic heterocycles. The highest BCUT2D eigenvalue weighted by atomic mass is 32.2. The van der Waals surface area contributed by atoms with Gasteiger partial charge in [-0.05, 0) is 51.8 Å². The molecule has 1 fully saturated rings. The minimum atomic E-state index is -3.23. The number of carbonyl (C=O) groups excluding carboxylic acids is 1. The maximum Gasteiger partial charge on any atom is 0.410 e. The molecule has 8 nitrogen and oxygen atoms in total. The highest BCUT2D eigenvalue weighted by Gasteiger charge is 2.27. The number of carbonyl (C=O) groups is 1. The number of aromatic nitrogens is 2. The number of nitrogens with one attached hydrogen (secondary N) is 1. The Kier molecular flexibility index (Phi) is 6.30. The first kappa shape index (κ1) is 22.0. The summed E-state index contributed by atoms with van der Waals surface area (Å²) in [6.45, 7) is 6.80. The number of piperidine rings is 1. The monoisotopic (exact) mass is 432 g/mol. The number of sulfone groups is 1. The molecule has 0 saturated carbocycles. The van der Waals surface area contributed by atoms with E-state index in [4.69, 9.17) is 4.74 Å². The van der Waals surface area contributed by atoms with E-state index in [2.05, 4.69) is 15.3 Å². The van der Waals surface area contributed by atoms with Crippen molar-refractivity contribution in [3.8, 4) is 11.3 Å². The Bertz CT molecular complexity index is 992. The molecular formula is C21H28N4O4S. The van der Waals surface area contributed by atoms with Gasteiger partial charge in [0, 0.05) is 37.1 Å². The summed E-state index contributed by atoms with van der Waals surface area (Å²) in [7, 11) is -3.23. The molecule has 1 aliphatic rings. The van der Waals surface area contributed by atoms with E-state index >= 15 is 0 Å². The van der Waals surface area contributed by atoms with Crippen LogP contribution in [0, 0.1) is 0 Å². The first-order valence-corrected chi connectivity index (χ1v) is 11.8. The van der Waals surface area contributed by atoms with E-state index in [9.17, 15) is 13.2 Å². The van der Waals surface area contributed by atoms with E-state index < -0.39 is 15.4 Å². The van der Waals surface area contributed by atoms with Crippen molar-refractivity contribution in [3.63, 3.8) is 0 Å². The van der Waals surface area contributed by atoms with Crippen LogP contribution >= 0.6 is 0 Å². The zero-order valence-corrected chi connectivity index (χ0v) is 18.6. The summed E-state index contributed by atoms with van der Waals surface area (Å²) in [4.78, 5) is 23.0. The third kappa shape index (κ3) is 5.91. The summed E-state index contributed by atoms with van der Waals surface area (Å²) in [5.41, 5.74) is 1.02. The van der Waals surface area contributed by atoms with E-state index in [0.717, 1.165) is 18.4 Å². The summed E-state index contributed by atoms with van der Waals surface area (Å²) in [5, 5.41) is 3.34. The molecule has 30 heavy (non-hydrogen) atoms. The van der Waals surface area contributed by atoms with Gasteiger partial charge in [0.2, 0.25) is 5.95 Å². The van der Waals surface area contributed by atoms with Crippen molar-refractivity contribution in [2.24, 2.45) is 0 Å². The Labute approximate surface area is 177 Å². The molecule has 0 atom stereocenters. The van der Waals surface area contributed by atoms with Crippen LogP contribution in [0.4, 0.5) is 10.7 Å². The molecule has 162 valence electrons. The molecule has 3 rings (SSSR count). The molecular weight excluding hydrogens is 404 g/mol. The van der Waals surface area contributed by atoms with Gasteiger partial charge in [0.15, 0.2) is 9.84 Å². The molecule has 2 heterocycles. The molecule has 9 heteroatoms. The lowest BCUT2D eigenvalue weighted by atomic mass is 10.1. The summed E-state index contributed by atoms with van der Waals surface area (Å²) in [5.74, 6) is 0.510. The first-order chi connectivity index (χ1) is 14.0. The Morgan fingerprint density at radius 2 is 1.77 bits per heavy atom. The number of rotatable bonds is 4. The number of ether oxygens (including phenoxy) is 1. The van der Waals surface area contributed by atoms with Gasteiger partial charge in [0.1, 0.15) is 5.60 Å². The SMILES string of the molecule is CC(C)(C)OC(=O)N1CCC(Nc2nccc(-c3ccc(S(C)(=O)=O)cc3)n2)CC1. The van der Waals surface area contributed by atoms with Crippen LogP contribution < -0.4 is 5.32 Å². The fourth-order valence-electron chi connectivity index (χ4n) is 3.18. The van der Waals surface area contributed by atoms with Crippen LogP contribution in [0.1, 0.15) is 33.6 Å². The Morgan fingerprint density at radius 3 is 2.33 bits per heavy atom. The number of anilines is 1. The van der Waals surface area contributed by atoms with Gasteiger partial charge in [-0.1, -0.05) is 12.1 Å². The van der Waals surface area contributed by atoms with E-state index in [1.807, 2.05) is 20.8 Å². The lowest BCUT2D eigenvalue weighted by Crippen LogP contribution is -2.44. The maximum absolute atomic E-state index is 12.2. The van der Waals surface area contributed by atoms with E-state index in [1.165, 1.54) is 6.26 Å². The molecule has 0 aliphatic carbocycles. The van der Waals surface area contributed by atoms with Gasteiger partial charge in [0.25, 0.3) is 0 Å². The molecule has 1 aliphatic heterocycles. The van der Waals surface area contributed by atoms with Crippen molar-refractivity contribution < 1.29 is 17.9 Å². The van der Waals surface area contributed by atoms with Gasteiger partial charge in [-0.2, -0.15) is 0 Å². The van der Waals surface area contributed by atoms with Gasteiger partial charge in [-0.3, -0.25) is 0 Å². The number of likely N-dealkylation sites (tertiary alicyclic amines) is 1. The topological polar surface area (TPSA) is 101 Å². The standard InChI is InChI=1S/C21H28N4O4S/c1-21(2,3)29-20(26)25-13-10-16(11-14-25)23-19-22-12-9-18(24-19)15-5-7-17(8-6-15)30(4,27)28/h5-9,12,16H,10-11,13-14H2,1-4H3,(H,22,23,24). The Hall–Kier alpha value is -2.68. The van der Waals surface area contributed by atoms with E-state index in [-0.39, 0.29) is 17.0 Å². The van der Waals surface area contributed by atoms with Gasteiger partial charge in [0.05, 0.1) is 10.6 Å². The van der Waals surface area contributed by atoms with Crippen LogP contribution in [0.25, 0.3) is 11.3 Å². The minimum absolute atomic E-state index is 0.159. The third-order valence-electron chi connectivity index (χ3n) is 4.71. The number of nitrogens with zero attached hydrogens (tertiary/aromatic N) is 3. The number of amides is 1. The van der Waals surface area contributed by atoms with E-state index in [0.29, 0.717) is 24.7 Å². The summed E-state index contributed by atoms with van der Waals surface area (Å²) in [6.07, 6.45) is 4.12. The fourth-order valence-corrected chi connectivity index (χ4v) is 3.81. The average Bonchev–Trinajstić information content (AvgIpc) is 2.67. The minimum Gasteiger partial charge on any atom is -0.444 e. The molecule has 0 spiro atoms. The third-order valence-corrected chi connectivity index (χ3v) is 5.84. The van der Waals surface area contributed by atoms with Crippen LogP contribution in [-0.2, 0) is 14.6 Å². The van der Waals surface area contributed by atoms with Gasteiger partial charge in [-0.15, -0.1) is 0 Å². The van der Waals surface area contributed by atoms with Crippen LogP contribution in [0.15, 0.2) is 41.4 Å². The molecule has 0 bridgehead atoms.